The SMILES string of the molecule is CC(C)C1CCC2C1(C)CCC1(C)C3CCC4C(C)(CCC(O)C4(C)C)C3=CC(O)C21C. The van der Waals surface area contributed by atoms with Gasteiger partial charge in [-0.2, -0.15) is 0 Å². The minimum atomic E-state index is -0.347. The van der Waals surface area contributed by atoms with Crippen LogP contribution in [0, 0.1) is 56.7 Å². The van der Waals surface area contributed by atoms with Gasteiger partial charge in [-0.25, -0.2) is 0 Å². The van der Waals surface area contributed by atoms with Crippen LogP contribution in [0.5, 0.6) is 0 Å². The molecule has 182 valence electrons. The summed E-state index contributed by atoms with van der Waals surface area (Å²) in [5.41, 5.74) is 2.14. The van der Waals surface area contributed by atoms with Gasteiger partial charge >= 0.3 is 0 Å². The van der Waals surface area contributed by atoms with Crippen molar-refractivity contribution in [3.05, 3.63) is 11.6 Å². The zero-order chi connectivity index (χ0) is 23.5. The average Bonchev–Trinajstić information content (AvgIpc) is 3.07. The summed E-state index contributed by atoms with van der Waals surface area (Å²) < 4.78 is 0. The van der Waals surface area contributed by atoms with Gasteiger partial charge in [0.15, 0.2) is 0 Å². The number of aliphatic hydroxyl groups is 2. The van der Waals surface area contributed by atoms with Crippen molar-refractivity contribution in [2.75, 3.05) is 0 Å². The summed E-state index contributed by atoms with van der Waals surface area (Å²) in [6.07, 6.45) is 11.5. The van der Waals surface area contributed by atoms with Gasteiger partial charge in [0.2, 0.25) is 0 Å². The Kier molecular flexibility index (Phi) is 5.02. The smallest absolute Gasteiger partial charge is 0.0785 e. The minimum absolute atomic E-state index is 0.0370. The summed E-state index contributed by atoms with van der Waals surface area (Å²) in [7, 11) is 0. The Morgan fingerprint density at radius 3 is 2.12 bits per heavy atom. The van der Waals surface area contributed by atoms with Crippen LogP contribution in [0.4, 0.5) is 0 Å². The number of fused-ring (bicyclic) bond motifs is 7. The first-order valence-electron chi connectivity index (χ1n) is 13.8. The molecule has 4 saturated carbocycles. The predicted octanol–water partition coefficient (Wildman–Crippen LogP) is 7.00. The third-order valence-electron chi connectivity index (χ3n) is 13.3. The molecule has 0 aromatic carbocycles. The van der Waals surface area contributed by atoms with Crippen LogP contribution in [0.2, 0.25) is 0 Å². The van der Waals surface area contributed by atoms with E-state index in [9.17, 15) is 10.2 Å². The molecule has 0 spiro atoms. The van der Waals surface area contributed by atoms with Crippen molar-refractivity contribution >= 4 is 0 Å². The van der Waals surface area contributed by atoms with Gasteiger partial charge in [0, 0.05) is 5.41 Å². The molecule has 4 fully saturated rings. The Hall–Kier alpha value is -0.340. The third kappa shape index (κ3) is 2.55. The van der Waals surface area contributed by atoms with Crippen molar-refractivity contribution in [2.45, 2.75) is 119 Å². The molecule has 0 saturated heterocycles. The lowest BCUT2D eigenvalue weighted by atomic mass is 9.35. The average molecular weight is 443 g/mol. The molecule has 2 N–H and O–H groups in total. The monoisotopic (exact) mass is 442 g/mol. The third-order valence-corrected chi connectivity index (χ3v) is 13.3. The number of hydrogen-bond donors (Lipinski definition) is 2. The topological polar surface area (TPSA) is 40.5 Å². The van der Waals surface area contributed by atoms with Gasteiger partial charge in [-0.05, 0) is 103 Å². The number of hydrogen-bond acceptors (Lipinski definition) is 2. The van der Waals surface area contributed by atoms with Gasteiger partial charge in [-0.1, -0.05) is 67.0 Å². The van der Waals surface area contributed by atoms with E-state index in [4.69, 9.17) is 0 Å². The molecule has 0 amide bonds. The molecule has 2 nitrogen and oxygen atoms in total. The van der Waals surface area contributed by atoms with Gasteiger partial charge < -0.3 is 10.2 Å². The quantitative estimate of drug-likeness (QED) is 0.429. The summed E-state index contributed by atoms with van der Waals surface area (Å²) in [4.78, 5) is 0. The standard InChI is InChI=1S/C30H50O2/c1-18(2)19-9-12-23-28(19,6)15-16-29(7)20-10-11-22-26(3,4)24(31)13-14-27(22,5)21(20)17-25(32)30(23,29)8/h17-20,22-25,31-32H,9-16H2,1-8H3. The summed E-state index contributed by atoms with van der Waals surface area (Å²) in [6, 6.07) is 0. The zero-order valence-electron chi connectivity index (χ0n) is 22.2. The molecule has 2 heteroatoms. The zero-order valence-corrected chi connectivity index (χ0v) is 22.2. The van der Waals surface area contributed by atoms with Gasteiger partial charge in [-0.3, -0.25) is 0 Å². The van der Waals surface area contributed by atoms with Crippen LogP contribution in [0.3, 0.4) is 0 Å². The van der Waals surface area contributed by atoms with Crippen LogP contribution < -0.4 is 0 Å². The van der Waals surface area contributed by atoms with E-state index in [1.807, 2.05) is 0 Å². The van der Waals surface area contributed by atoms with E-state index in [2.05, 4.69) is 61.5 Å². The Labute approximate surface area is 197 Å². The number of allylic oxidation sites excluding steroid dienone is 1. The first-order chi connectivity index (χ1) is 14.7. The highest BCUT2D eigenvalue weighted by molar-refractivity contribution is 5.35. The lowest BCUT2D eigenvalue weighted by Gasteiger charge is -2.70. The van der Waals surface area contributed by atoms with E-state index in [-0.39, 0.29) is 33.9 Å². The first kappa shape index (κ1) is 23.4. The van der Waals surface area contributed by atoms with Gasteiger partial charge in [0.05, 0.1) is 12.2 Å². The lowest BCUT2D eigenvalue weighted by molar-refractivity contribution is -0.200. The summed E-state index contributed by atoms with van der Waals surface area (Å²) in [5, 5.41) is 22.9. The highest BCUT2D eigenvalue weighted by Crippen LogP contribution is 2.76. The lowest BCUT2D eigenvalue weighted by Crippen LogP contribution is -2.65. The molecule has 0 aromatic rings. The van der Waals surface area contributed by atoms with E-state index in [0.717, 1.165) is 24.7 Å². The largest absolute Gasteiger partial charge is 0.393 e. The predicted molar refractivity (Wildman–Crippen MR) is 132 cm³/mol. The fourth-order valence-corrected chi connectivity index (χ4v) is 11.3. The van der Waals surface area contributed by atoms with Crippen molar-refractivity contribution < 1.29 is 10.2 Å². The van der Waals surface area contributed by atoms with E-state index in [1.165, 1.54) is 38.5 Å². The Bertz CT molecular complexity index is 812. The highest BCUT2D eigenvalue weighted by Gasteiger charge is 2.70. The van der Waals surface area contributed by atoms with Crippen molar-refractivity contribution in [3.63, 3.8) is 0 Å². The first-order valence-corrected chi connectivity index (χ1v) is 13.8. The second-order valence-electron chi connectivity index (χ2n) is 14.7. The molecule has 0 bridgehead atoms. The van der Waals surface area contributed by atoms with Gasteiger partial charge in [-0.15, -0.1) is 0 Å². The summed E-state index contributed by atoms with van der Waals surface area (Å²) >= 11 is 0. The Morgan fingerprint density at radius 1 is 0.812 bits per heavy atom. The fraction of sp³-hybridized carbons (Fsp3) is 0.933. The van der Waals surface area contributed by atoms with E-state index in [1.54, 1.807) is 5.57 Å². The molecule has 10 atom stereocenters. The minimum Gasteiger partial charge on any atom is -0.393 e. The number of rotatable bonds is 1. The summed E-state index contributed by atoms with van der Waals surface area (Å²) in [6.45, 7) is 19.6. The normalized spacial score (nSPS) is 56.7. The molecule has 5 aliphatic rings. The second-order valence-corrected chi connectivity index (χ2v) is 14.7. The van der Waals surface area contributed by atoms with Crippen LogP contribution in [0.15, 0.2) is 11.6 Å². The van der Waals surface area contributed by atoms with Crippen LogP contribution in [0.1, 0.15) is 107 Å². The molecule has 0 heterocycles. The molecule has 32 heavy (non-hydrogen) atoms. The molecule has 0 aliphatic heterocycles. The van der Waals surface area contributed by atoms with Crippen LogP contribution in [-0.4, -0.2) is 22.4 Å². The van der Waals surface area contributed by atoms with Crippen LogP contribution >= 0.6 is 0 Å². The molecule has 0 aromatic heterocycles. The second kappa shape index (κ2) is 6.87. The van der Waals surface area contributed by atoms with Crippen molar-refractivity contribution in [1.82, 2.24) is 0 Å². The van der Waals surface area contributed by atoms with Crippen LogP contribution in [0.25, 0.3) is 0 Å². The molecule has 5 rings (SSSR count). The summed E-state index contributed by atoms with van der Waals surface area (Å²) in [5.74, 6) is 3.23. The highest BCUT2D eigenvalue weighted by atomic mass is 16.3. The maximum atomic E-state index is 12.0. The van der Waals surface area contributed by atoms with E-state index < -0.39 is 0 Å². The molecular weight excluding hydrogens is 392 g/mol. The Morgan fingerprint density at radius 2 is 1.47 bits per heavy atom. The maximum absolute atomic E-state index is 12.0. The molecular formula is C30H50O2. The van der Waals surface area contributed by atoms with Crippen molar-refractivity contribution in [3.8, 4) is 0 Å². The van der Waals surface area contributed by atoms with Crippen molar-refractivity contribution in [1.29, 1.82) is 0 Å². The molecule has 5 aliphatic carbocycles. The fourth-order valence-electron chi connectivity index (χ4n) is 11.3. The number of aliphatic hydroxyl groups excluding tert-OH is 2. The van der Waals surface area contributed by atoms with Crippen LogP contribution in [-0.2, 0) is 0 Å². The molecule has 0 radical (unpaired) electrons. The van der Waals surface area contributed by atoms with E-state index >= 15 is 0 Å². The van der Waals surface area contributed by atoms with Crippen molar-refractivity contribution in [2.24, 2.45) is 56.7 Å². The van der Waals surface area contributed by atoms with Gasteiger partial charge in [0.25, 0.3) is 0 Å². The van der Waals surface area contributed by atoms with E-state index in [0.29, 0.717) is 23.2 Å². The maximum Gasteiger partial charge on any atom is 0.0785 e. The van der Waals surface area contributed by atoms with Gasteiger partial charge in [0.1, 0.15) is 0 Å². The molecule has 10 unspecified atom stereocenters. The Balaban J connectivity index is 1.60.